The molecule has 0 aromatic heterocycles. The third-order valence-electron chi connectivity index (χ3n) is 2.61. The summed E-state index contributed by atoms with van der Waals surface area (Å²) in [6.07, 6.45) is 3.09. The molecule has 0 radical (unpaired) electrons. The van der Waals surface area contributed by atoms with Gasteiger partial charge in [0.15, 0.2) is 9.84 Å². The van der Waals surface area contributed by atoms with E-state index in [2.05, 4.69) is 4.90 Å². The van der Waals surface area contributed by atoms with Gasteiger partial charge in [0, 0.05) is 25.4 Å². The Morgan fingerprint density at radius 1 is 1.57 bits per heavy atom. The SMILES string of the molecule is C[C@H](N)CN1CCCC(S(C)(=O)=O)C1. The predicted octanol–water partition coefficient (Wildman–Crippen LogP) is -0.157. The first kappa shape index (κ1) is 11.9. The van der Waals surface area contributed by atoms with Gasteiger partial charge in [0.2, 0.25) is 0 Å². The molecule has 4 nitrogen and oxygen atoms in total. The maximum absolute atomic E-state index is 11.4. The van der Waals surface area contributed by atoms with E-state index in [-0.39, 0.29) is 11.3 Å². The number of hydrogen-bond donors (Lipinski definition) is 1. The second-order valence-corrected chi connectivity index (χ2v) is 6.66. The van der Waals surface area contributed by atoms with Crippen LogP contribution in [0, 0.1) is 0 Å². The molecule has 1 aliphatic heterocycles. The van der Waals surface area contributed by atoms with Gasteiger partial charge in [-0.25, -0.2) is 8.42 Å². The van der Waals surface area contributed by atoms with Crippen molar-refractivity contribution in [1.29, 1.82) is 0 Å². The van der Waals surface area contributed by atoms with Gasteiger partial charge in [-0.3, -0.25) is 0 Å². The van der Waals surface area contributed by atoms with E-state index in [1.54, 1.807) is 0 Å². The molecule has 0 aliphatic carbocycles. The minimum absolute atomic E-state index is 0.119. The zero-order valence-corrected chi connectivity index (χ0v) is 9.76. The Balaban J connectivity index is 2.52. The summed E-state index contributed by atoms with van der Waals surface area (Å²) in [6.45, 7) is 4.38. The molecule has 1 unspecified atom stereocenters. The van der Waals surface area contributed by atoms with Crippen LogP contribution in [0.3, 0.4) is 0 Å². The van der Waals surface area contributed by atoms with Crippen LogP contribution in [0.1, 0.15) is 19.8 Å². The van der Waals surface area contributed by atoms with Crippen molar-refractivity contribution in [3.63, 3.8) is 0 Å². The van der Waals surface area contributed by atoms with Gasteiger partial charge >= 0.3 is 0 Å². The lowest BCUT2D eigenvalue weighted by Gasteiger charge is -2.32. The summed E-state index contributed by atoms with van der Waals surface area (Å²) in [6, 6.07) is 0.119. The summed E-state index contributed by atoms with van der Waals surface area (Å²) >= 11 is 0. The maximum atomic E-state index is 11.4. The van der Waals surface area contributed by atoms with Crippen molar-refractivity contribution in [2.45, 2.75) is 31.1 Å². The highest BCUT2D eigenvalue weighted by molar-refractivity contribution is 7.91. The molecular weight excluding hydrogens is 200 g/mol. The number of piperidine rings is 1. The van der Waals surface area contributed by atoms with Gasteiger partial charge in [0.1, 0.15) is 0 Å². The molecule has 84 valence electrons. The highest BCUT2D eigenvalue weighted by atomic mass is 32.2. The zero-order valence-electron chi connectivity index (χ0n) is 8.94. The lowest BCUT2D eigenvalue weighted by atomic mass is 10.1. The molecule has 2 atom stereocenters. The van der Waals surface area contributed by atoms with E-state index in [0.717, 1.165) is 25.9 Å². The Bertz CT molecular complexity index is 275. The Morgan fingerprint density at radius 2 is 2.21 bits per heavy atom. The average molecular weight is 220 g/mol. The largest absolute Gasteiger partial charge is 0.327 e. The molecular formula is C9H20N2O2S. The second-order valence-electron chi connectivity index (χ2n) is 4.33. The topological polar surface area (TPSA) is 63.4 Å². The van der Waals surface area contributed by atoms with Gasteiger partial charge in [0.25, 0.3) is 0 Å². The van der Waals surface area contributed by atoms with Gasteiger partial charge in [-0.15, -0.1) is 0 Å². The first-order valence-electron chi connectivity index (χ1n) is 5.06. The molecule has 1 rings (SSSR count). The normalized spacial score (nSPS) is 27.5. The highest BCUT2D eigenvalue weighted by Gasteiger charge is 2.27. The highest BCUT2D eigenvalue weighted by Crippen LogP contribution is 2.16. The Kier molecular flexibility index (Phi) is 3.92. The van der Waals surface area contributed by atoms with Gasteiger partial charge in [0.05, 0.1) is 5.25 Å². The molecule has 0 aromatic rings. The molecule has 0 saturated carbocycles. The summed E-state index contributed by atoms with van der Waals surface area (Å²) in [5.41, 5.74) is 5.69. The average Bonchev–Trinajstić information content (AvgIpc) is 2.01. The number of hydrogen-bond acceptors (Lipinski definition) is 4. The minimum atomic E-state index is -2.88. The van der Waals surface area contributed by atoms with Crippen LogP contribution in [0.15, 0.2) is 0 Å². The van der Waals surface area contributed by atoms with E-state index in [4.69, 9.17) is 5.73 Å². The van der Waals surface area contributed by atoms with Crippen LogP contribution in [0.4, 0.5) is 0 Å². The Hall–Kier alpha value is -0.130. The van der Waals surface area contributed by atoms with Crippen LogP contribution < -0.4 is 5.73 Å². The van der Waals surface area contributed by atoms with Crippen molar-refractivity contribution in [2.24, 2.45) is 5.73 Å². The molecule has 14 heavy (non-hydrogen) atoms. The lowest BCUT2D eigenvalue weighted by molar-refractivity contribution is 0.221. The monoisotopic (exact) mass is 220 g/mol. The molecule has 0 spiro atoms. The molecule has 1 heterocycles. The number of nitrogens with zero attached hydrogens (tertiary/aromatic N) is 1. The lowest BCUT2D eigenvalue weighted by Crippen LogP contribution is -2.45. The fourth-order valence-electron chi connectivity index (χ4n) is 1.94. The van der Waals surface area contributed by atoms with Gasteiger partial charge in [-0.1, -0.05) is 0 Å². The summed E-state index contributed by atoms with van der Waals surface area (Å²) < 4.78 is 22.7. The van der Waals surface area contributed by atoms with Crippen molar-refractivity contribution in [2.75, 3.05) is 25.9 Å². The molecule has 1 saturated heterocycles. The van der Waals surface area contributed by atoms with E-state index in [1.165, 1.54) is 6.26 Å². The van der Waals surface area contributed by atoms with E-state index in [1.807, 2.05) is 6.92 Å². The molecule has 0 amide bonds. The Labute approximate surface area is 86.4 Å². The number of nitrogens with two attached hydrogens (primary N) is 1. The first-order valence-corrected chi connectivity index (χ1v) is 7.02. The molecule has 2 N–H and O–H groups in total. The molecule has 0 bridgehead atoms. The van der Waals surface area contributed by atoms with Crippen molar-refractivity contribution >= 4 is 9.84 Å². The van der Waals surface area contributed by atoms with Gasteiger partial charge in [-0.05, 0) is 26.3 Å². The van der Waals surface area contributed by atoms with Crippen molar-refractivity contribution in [3.8, 4) is 0 Å². The van der Waals surface area contributed by atoms with Crippen LogP contribution in [0.25, 0.3) is 0 Å². The fraction of sp³-hybridized carbons (Fsp3) is 1.00. The number of rotatable bonds is 3. The van der Waals surface area contributed by atoms with Crippen molar-refractivity contribution in [3.05, 3.63) is 0 Å². The van der Waals surface area contributed by atoms with Crippen LogP contribution >= 0.6 is 0 Å². The summed E-state index contributed by atoms with van der Waals surface area (Å²) in [4.78, 5) is 2.15. The second kappa shape index (κ2) is 4.59. The van der Waals surface area contributed by atoms with Crippen LogP contribution in [0.2, 0.25) is 0 Å². The first-order chi connectivity index (χ1) is 6.39. The summed E-state index contributed by atoms with van der Waals surface area (Å²) in [5.74, 6) is 0. The van der Waals surface area contributed by atoms with Gasteiger partial charge < -0.3 is 10.6 Å². The van der Waals surface area contributed by atoms with E-state index in [9.17, 15) is 8.42 Å². The van der Waals surface area contributed by atoms with E-state index in [0.29, 0.717) is 6.54 Å². The zero-order chi connectivity index (χ0) is 10.8. The van der Waals surface area contributed by atoms with E-state index < -0.39 is 9.84 Å². The van der Waals surface area contributed by atoms with Crippen molar-refractivity contribution < 1.29 is 8.42 Å². The predicted molar refractivity (Wildman–Crippen MR) is 58.0 cm³/mol. The van der Waals surface area contributed by atoms with Crippen molar-refractivity contribution in [1.82, 2.24) is 4.90 Å². The van der Waals surface area contributed by atoms with Crippen LogP contribution in [0.5, 0.6) is 0 Å². The smallest absolute Gasteiger partial charge is 0.151 e. The standard InChI is InChI=1S/C9H20N2O2S/c1-8(10)6-11-5-3-4-9(7-11)14(2,12)13/h8-9H,3-7,10H2,1-2H3/t8-,9?/m0/s1. The van der Waals surface area contributed by atoms with Crippen LogP contribution in [-0.4, -0.2) is 50.5 Å². The molecule has 0 aromatic carbocycles. The summed E-state index contributed by atoms with van der Waals surface area (Å²) in [5, 5.41) is -0.185. The maximum Gasteiger partial charge on any atom is 0.151 e. The number of likely N-dealkylation sites (tertiary alicyclic amines) is 1. The quantitative estimate of drug-likeness (QED) is 0.718. The Morgan fingerprint density at radius 3 is 2.71 bits per heavy atom. The third-order valence-corrected chi connectivity index (χ3v) is 4.21. The van der Waals surface area contributed by atoms with Crippen LogP contribution in [-0.2, 0) is 9.84 Å². The summed E-state index contributed by atoms with van der Waals surface area (Å²) in [7, 11) is -2.88. The third kappa shape index (κ3) is 3.55. The fourth-order valence-corrected chi connectivity index (χ4v) is 3.01. The minimum Gasteiger partial charge on any atom is -0.327 e. The number of sulfone groups is 1. The van der Waals surface area contributed by atoms with E-state index >= 15 is 0 Å². The molecule has 1 aliphatic rings. The van der Waals surface area contributed by atoms with Gasteiger partial charge in [-0.2, -0.15) is 0 Å². The molecule has 1 fully saturated rings. The molecule has 5 heteroatoms.